The molecule has 90 valence electrons. The standard InChI is InChI=1S/C14H17NO2/c1-3-4-5-10-14(16)15-11-12-8-6-7-9-13(12)17-2/h3-10H,11H2,1-2H3,(H,15,16). The van der Waals surface area contributed by atoms with Crippen LogP contribution in [0.1, 0.15) is 12.5 Å². The SMILES string of the molecule is CC=CC=CC(=O)NCc1ccccc1OC. The Morgan fingerprint density at radius 3 is 2.82 bits per heavy atom. The molecule has 1 aromatic carbocycles. The molecule has 1 rings (SSSR count). The van der Waals surface area contributed by atoms with E-state index in [1.54, 1.807) is 13.2 Å². The first-order valence-electron chi connectivity index (χ1n) is 5.47. The topological polar surface area (TPSA) is 38.3 Å². The molecule has 0 aliphatic rings. The predicted molar refractivity (Wildman–Crippen MR) is 68.8 cm³/mol. The first-order valence-corrected chi connectivity index (χ1v) is 5.47. The summed E-state index contributed by atoms with van der Waals surface area (Å²) in [6.07, 6.45) is 6.87. The summed E-state index contributed by atoms with van der Waals surface area (Å²) in [5.41, 5.74) is 0.961. The minimum Gasteiger partial charge on any atom is -0.496 e. The average Bonchev–Trinajstić information content (AvgIpc) is 2.37. The molecule has 0 aromatic heterocycles. The number of hydrogen-bond donors (Lipinski definition) is 1. The van der Waals surface area contributed by atoms with Gasteiger partial charge in [0.1, 0.15) is 5.75 Å². The minimum atomic E-state index is -0.117. The van der Waals surface area contributed by atoms with E-state index in [1.807, 2.05) is 43.3 Å². The Morgan fingerprint density at radius 1 is 1.35 bits per heavy atom. The Labute approximate surface area is 102 Å². The van der Waals surface area contributed by atoms with Crippen molar-refractivity contribution in [2.45, 2.75) is 13.5 Å². The summed E-state index contributed by atoms with van der Waals surface area (Å²) in [6.45, 7) is 2.36. The van der Waals surface area contributed by atoms with Crippen LogP contribution in [0, 0.1) is 0 Å². The lowest BCUT2D eigenvalue weighted by Crippen LogP contribution is -2.20. The van der Waals surface area contributed by atoms with Crippen molar-refractivity contribution in [1.82, 2.24) is 5.32 Å². The number of hydrogen-bond acceptors (Lipinski definition) is 2. The first kappa shape index (κ1) is 13.0. The quantitative estimate of drug-likeness (QED) is 0.624. The number of nitrogens with one attached hydrogen (secondary N) is 1. The molecule has 0 fully saturated rings. The molecule has 1 amide bonds. The van der Waals surface area contributed by atoms with Gasteiger partial charge in [0, 0.05) is 18.2 Å². The highest BCUT2D eigenvalue weighted by molar-refractivity contribution is 5.87. The Morgan fingerprint density at radius 2 is 2.12 bits per heavy atom. The van der Waals surface area contributed by atoms with E-state index in [0.29, 0.717) is 6.54 Å². The molecule has 0 radical (unpaired) electrons. The van der Waals surface area contributed by atoms with Crippen molar-refractivity contribution >= 4 is 5.91 Å². The van der Waals surface area contributed by atoms with Crippen molar-refractivity contribution in [1.29, 1.82) is 0 Å². The molecule has 0 saturated carbocycles. The number of carbonyl (C=O) groups excluding carboxylic acids is 1. The third kappa shape index (κ3) is 4.55. The molecule has 0 unspecified atom stereocenters. The molecule has 0 heterocycles. The zero-order valence-corrected chi connectivity index (χ0v) is 10.1. The van der Waals surface area contributed by atoms with Crippen LogP contribution in [0.2, 0.25) is 0 Å². The van der Waals surface area contributed by atoms with Crippen LogP contribution in [-0.4, -0.2) is 13.0 Å². The molecule has 3 nitrogen and oxygen atoms in total. The molecule has 0 atom stereocenters. The molecule has 1 aromatic rings. The van der Waals surface area contributed by atoms with Crippen LogP contribution < -0.4 is 10.1 Å². The van der Waals surface area contributed by atoms with Crippen molar-refractivity contribution in [3.63, 3.8) is 0 Å². The molecule has 0 aliphatic heterocycles. The number of carbonyl (C=O) groups is 1. The molecular formula is C14H17NO2. The smallest absolute Gasteiger partial charge is 0.244 e. The van der Waals surface area contributed by atoms with Crippen LogP contribution in [0.25, 0.3) is 0 Å². The summed E-state index contributed by atoms with van der Waals surface area (Å²) in [5.74, 6) is 0.666. The fourth-order valence-corrected chi connectivity index (χ4v) is 1.34. The molecule has 3 heteroatoms. The van der Waals surface area contributed by atoms with E-state index in [0.717, 1.165) is 11.3 Å². The number of rotatable bonds is 5. The first-order chi connectivity index (χ1) is 8.27. The fraction of sp³-hybridized carbons (Fsp3) is 0.214. The molecule has 0 spiro atoms. The maximum Gasteiger partial charge on any atom is 0.244 e. The van der Waals surface area contributed by atoms with Gasteiger partial charge in [0.2, 0.25) is 5.91 Å². The molecule has 17 heavy (non-hydrogen) atoms. The maximum absolute atomic E-state index is 11.4. The lowest BCUT2D eigenvalue weighted by Gasteiger charge is -2.07. The number of amides is 1. The fourth-order valence-electron chi connectivity index (χ4n) is 1.34. The van der Waals surface area contributed by atoms with Gasteiger partial charge in [-0.3, -0.25) is 4.79 Å². The Balaban J connectivity index is 2.52. The largest absolute Gasteiger partial charge is 0.496 e. The van der Waals surface area contributed by atoms with Gasteiger partial charge < -0.3 is 10.1 Å². The number of ether oxygens (including phenoxy) is 1. The summed E-state index contributed by atoms with van der Waals surface area (Å²) < 4.78 is 5.20. The van der Waals surface area contributed by atoms with E-state index in [-0.39, 0.29) is 5.91 Å². The summed E-state index contributed by atoms with van der Waals surface area (Å²) in [5, 5.41) is 2.79. The third-order valence-electron chi connectivity index (χ3n) is 2.20. The van der Waals surface area contributed by atoms with Gasteiger partial charge in [-0.1, -0.05) is 36.4 Å². The number of methoxy groups -OCH3 is 1. The van der Waals surface area contributed by atoms with Gasteiger partial charge >= 0.3 is 0 Å². The summed E-state index contributed by atoms with van der Waals surface area (Å²) in [4.78, 5) is 11.4. The molecule has 0 bridgehead atoms. The minimum absolute atomic E-state index is 0.117. The van der Waals surface area contributed by atoms with Gasteiger partial charge in [-0.25, -0.2) is 0 Å². The van der Waals surface area contributed by atoms with Crippen molar-refractivity contribution in [3.8, 4) is 5.75 Å². The van der Waals surface area contributed by atoms with Crippen molar-refractivity contribution in [3.05, 3.63) is 54.1 Å². The van der Waals surface area contributed by atoms with Gasteiger partial charge in [-0.15, -0.1) is 0 Å². The van der Waals surface area contributed by atoms with Crippen molar-refractivity contribution < 1.29 is 9.53 Å². The Hall–Kier alpha value is -2.03. The van der Waals surface area contributed by atoms with Gasteiger partial charge in [-0.2, -0.15) is 0 Å². The van der Waals surface area contributed by atoms with E-state index < -0.39 is 0 Å². The van der Waals surface area contributed by atoms with E-state index in [2.05, 4.69) is 5.32 Å². The third-order valence-corrected chi connectivity index (χ3v) is 2.20. The van der Waals surface area contributed by atoms with Crippen LogP contribution in [0.3, 0.4) is 0 Å². The highest BCUT2D eigenvalue weighted by Gasteiger charge is 2.02. The van der Waals surface area contributed by atoms with E-state index in [4.69, 9.17) is 4.74 Å². The van der Waals surface area contributed by atoms with Crippen LogP contribution in [0.4, 0.5) is 0 Å². The lowest BCUT2D eigenvalue weighted by molar-refractivity contribution is -0.116. The second-order valence-corrected chi connectivity index (χ2v) is 3.41. The van der Waals surface area contributed by atoms with Crippen LogP contribution >= 0.6 is 0 Å². The zero-order valence-electron chi connectivity index (χ0n) is 10.1. The van der Waals surface area contributed by atoms with Crippen molar-refractivity contribution in [2.24, 2.45) is 0 Å². The predicted octanol–water partition coefficient (Wildman–Crippen LogP) is 2.44. The Kier molecular flexibility index (Phi) is 5.58. The molecular weight excluding hydrogens is 214 g/mol. The highest BCUT2D eigenvalue weighted by Crippen LogP contribution is 2.16. The normalized spacial score (nSPS) is 10.9. The summed E-state index contributed by atoms with van der Waals surface area (Å²) in [7, 11) is 1.62. The average molecular weight is 231 g/mol. The van der Waals surface area contributed by atoms with Crippen molar-refractivity contribution in [2.75, 3.05) is 7.11 Å². The highest BCUT2D eigenvalue weighted by atomic mass is 16.5. The number of benzene rings is 1. The molecule has 1 N–H and O–H groups in total. The van der Waals surface area contributed by atoms with Crippen LogP contribution in [0.5, 0.6) is 5.75 Å². The van der Waals surface area contributed by atoms with Gasteiger partial charge in [0.05, 0.1) is 7.11 Å². The van der Waals surface area contributed by atoms with Crippen LogP contribution in [-0.2, 0) is 11.3 Å². The van der Waals surface area contributed by atoms with Gasteiger partial charge in [0.15, 0.2) is 0 Å². The number of para-hydroxylation sites is 1. The summed E-state index contributed by atoms with van der Waals surface area (Å²) in [6, 6.07) is 7.61. The number of allylic oxidation sites excluding steroid dienone is 3. The second-order valence-electron chi connectivity index (χ2n) is 3.41. The maximum atomic E-state index is 11.4. The lowest BCUT2D eigenvalue weighted by atomic mass is 10.2. The molecule has 0 aliphatic carbocycles. The zero-order chi connectivity index (χ0) is 12.5. The molecule has 0 saturated heterocycles. The van der Waals surface area contributed by atoms with Gasteiger partial charge in [0.25, 0.3) is 0 Å². The van der Waals surface area contributed by atoms with Gasteiger partial charge in [-0.05, 0) is 13.0 Å². The van der Waals surface area contributed by atoms with E-state index in [1.165, 1.54) is 6.08 Å². The van der Waals surface area contributed by atoms with E-state index in [9.17, 15) is 4.79 Å². The van der Waals surface area contributed by atoms with E-state index >= 15 is 0 Å². The van der Waals surface area contributed by atoms with Crippen LogP contribution in [0.15, 0.2) is 48.6 Å². The summed E-state index contributed by atoms with van der Waals surface area (Å²) >= 11 is 0. The second kappa shape index (κ2) is 7.28. The Bertz CT molecular complexity index is 422. The monoisotopic (exact) mass is 231 g/mol.